The summed E-state index contributed by atoms with van der Waals surface area (Å²) in [5, 5.41) is 0.951. The number of hydrogen-bond donors (Lipinski definition) is 0. The Morgan fingerprint density at radius 2 is 1.83 bits per heavy atom. The molecule has 3 heterocycles. The van der Waals surface area contributed by atoms with Crippen molar-refractivity contribution in [3.05, 3.63) is 24.5 Å². The topological polar surface area (TPSA) is 61.8 Å². The Balaban J connectivity index is 1.28. The van der Waals surface area contributed by atoms with E-state index in [0.29, 0.717) is 17.8 Å². The summed E-state index contributed by atoms with van der Waals surface area (Å²) in [4.78, 5) is 28.4. The molecular formula is C22H29N5O2. The second-order valence-corrected chi connectivity index (χ2v) is 8.64. The van der Waals surface area contributed by atoms with Crippen LogP contribution >= 0.6 is 0 Å². The minimum atomic E-state index is 0.0689. The number of nitrogens with zero attached hydrogens (tertiary/aromatic N) is 5. The third-order valence-electron chi connectivity index (χ3n) is 6.25. The van der Waals surface area contributed by atoms with Crippen LogP contribution in [0.5, 0.6) is 5.88 Å². The average Bonchev–Trinajstić information content (AvgIpc) is 3.49. The van der Waals surface area contributed by atoms with Crippen LogP contribution in [0.25, 0.3) is 10.9 Å². The number of anilines is 1. The van der Waals surface area contributed by atoms with Gasteiger partial charge in [-0.05, 0) is 51.3 Å². The van der Waals surface area contributed by atoms with Gasteiger partial charge in [-0.1, -0.05) is 0 Å². The van der Waals surface area contributed by atoms with Gasteiger partial charge >= 0.3 is 0 Å². The molecule has 1 saturated carbocycles. The van der Waals surface area contributed by atoms with Crippen molar-refractivity contribution in [3.63, 3.8) is 0 Å². The molecule has 1 aromatic heterocycles. The molecule has 1 amide bonds. The van der Waals surface area contributed by atoms with Crippen molar-refractivity contribution >= 4 is 22.5 Å². The predicted octanol–water partition coefficient (Wildman–Crippen LogP) is 2.30. The Morgan fingerprint density at radius 3 is 2.55 bits per heavy atom. The van der Waals surface area contributed by atoms with E-state index in [1.807, 2.05) is 19.9 Å². The molecule has 154 valence electrons. The van der Waals surface area contributed by atoms with Crippen LogP contribution in [0.2, 0.25) is 0 Å². The predicted molar refractivity (Wildman–Crippen MR) is 112 cm³/mol. The summed E-state index contributed by atoms with van der Waals surface area (Å²) in [6, 6.07) is 6.93. The summed E-state index contributed by atoms with van der Waals surface area (Å²) < 4.78 is 5.88. The molecule has 1 aromatic carbocycles. The number of aromatic nitrogens is 2. The van der Waals surface area contributed by atoms with E-state index in [1.165, 1.54) is 12.8 Å². The molecule has 1 aliphatic carbocycles. The molecule has 29 heavy (non-hydrogen) atoms. The lowest BCUT2D eigenvalue weighted by Gasteiger charge is -2.38. The van der Waals surface area contributed by atoms with Gasteiger partial charge in [-0.25, -0.2) is 9.97 Å². The number of piperazine rings is 1. The molecular weight excluding hydrogens is 366 g/mol. The van der Waals surface area contributed by atoms with Gasteiger partial charge in [0.15, 0.2) is 0 Å². The summed E-state index contributed by atoms with van der Waals surface area (Å²) >= 11 is 0. The van der Waals surface area contributed by atoms with Gasteiger partial charge in [-0.15, -0.1) is 0 Å². The number of carbonyl (C=O) groups is 1. The fraction of sp³-hybridized carbons (Fsp3) is 0.591. The minimum Gasteiger partial charge on any atom is -0.474 e. The number of likely N-dealkylation sites (tertiary alicyclic amines) is 1. The third-order valence-corrected chi connectivity index (χ3v) is 6.25. The highest BCUT2D eigenvalue weighted by atomic mass is 16.5. The molecule has 3 aliphatic rings. The van der Waals surface area contributed by atoms with Crippen LogP contribution in [0.4, 0.5) is 5.69 Å². The maximum atomic E-state index is 12.8. The van der Waals surface area contributed by atoms with Gasteiger partial charge < -0.3 is 14.5 Å². The lowest BCUT2D eigenvalue weighted by molar-refractivity contribution is -0.132. The molecule has 1 unspecified atom stereocenters. The van der Waals surface area contributed by atoms with Crippen LogP contribution in [0.1, 0.15) is 33.1 Å². The van der Waals surface area contributed by atoms with Crippen molar-refractivity contribution in [2.45, 2.75) is 51.3 Å². The summed E-state index contributed by atoms with van der Waals surface area (Å²) in [6.07, 6.45) is 5.00. The second kappa shape index (κ2) is 7.44. The van der Waals surface area contributed by atoms with Gasteiger partial charge in [0, 0.05) is 44.5 Å². The summed E-state index contributed by atoms with van der Waals surface area (Å²) in [6.45, 7) is 8.65. The van der Waals surface area contributed by atoms with Gasteiger partial charge in [0.1, 0.15) is 6.33 Å². The molecule has 1 atom stereocenters. The monoisotopic (exact) mass is 395 g/mol. The number of rotatable bonds is 5. The largest absolute Gasteiger partial charge is 0.474 e. The first-order valence-corrected chi connectivity index (χ1v) is 10.8. The van der Waals surface area contributed by atoms with E-state index in [1.54, 1.807) is 6.33 Å². The maximum absolute atomic E-state index is 12.8. The van der Waals surface area contributed by atoms with Gasteiger partial charge in [0.2, 0.25) is 11.8 Å². The van der Waals surface area contributed by atoms with Gasteiger partial charge in [0.05, 0.1) is 23.0 Å². The van der Waals surface area contributed by atoms with Gasteiger partial charge in [-0.2, -0.15) is 0 Å². The first kappa shape index (κ1) is 18.6. The zero-order valence-electron chi connectivity index (χ0n) is 17.3. The normalized spacial score (nSPS) is 23.4. The van der Waals surface area contributed by atoms with E-state index < -0.39 is 0 Å². The van der Waals surface area contributed by atoms with E-state index in [9.17, 15) is 4.79 Å². The van der Waals surface area contributed by atoms with E-state index in [4.69, 9.17) is 4.74 Å². The van der Waals surface area contributed by atoms with Crippen LogP contribution in [-0.4, -0.2) is 76.6 Å². The van der Waals surface area contributed by atoms with E-state index in [0.717, 1.165) is 55.7 Å². The zero-order chi connectivity index (χ0) is 20.0. The van der Waals surface area contributed by atoms with Crippen LogP contribution in [-0.2, 0) is 4.79 Å². The van der Waals surface area contributed by atoms with Crippen LogP contribution < -0.4 is 9.64 Å². The molecule has 5 rings (SSSR count). The highest BCUT2D eigenvalue weighted by Gasteiger charge is 2.43. The van der Waals surface area contributed by atoms with E-state index >= 15 is 0 Å². The molecule has 7 nitrogen and oxygen atoms in total. The number of benzene rings is 1. The first-order chi connectivity index (χ1) is 14.1. The Kier molecular flexibility index (Phi) is 4.78. The van der Waals surface area contributed by atoms with E-state index in [-0.39, 0.29) is 12.1 Å². The lowest BCUT2D eigenvalue weighted by Crippen LogP contribution is -2.52. The van der Waals surface area contributed by atoms with Crippen LogP contribution in [0.15, 0.2) is 24.5 Å². The molecule has 0 N–H and O–H groups in total. The van der Waals surface area contributed by atoms with Crippen molar-refractivity contribution in [3.8, 4) is 5.88 Å². The molecule has 2 aliphatic heterocycles. The Labute approximate surface area is 171 Å². The van der Waals surface area contributed by atoms with E-state index in [2.05, 4.69) is 36.8 Å². The lowest BCUT2D eigenvalue weighted by atomic mass is 10.1. The highest BCUT2D eigenvalue weighted by Crippen LogP contribution is 2.33. The SMILES string of the molecule is CC(C)Oc1ncnc2ccc(N3CCN(C4CCN(C5CC5)C4=O)CC3)cc12. The Hall–Kier alpha value is -2.41. The zero-order valence-corrected chi connectivity index (χ0v) is 17.3. The molecule has 2 saturated heterocycles. The standard InChI is InChI=1S/C22H29N5O2/c1-15(2)29-21-18-13-17(5-6-19(18)23-14-24-21)25-9-11-26(12-10-25)20-7-8-27(22(20)28)16-3-4-16/h5-6,13-16,20H,3-4,7-12H2,1-2H3. The molecule has 0 bridgehead atoms. The molecule has 0 spiro atoms. The van der Waals surface area contributed by atoms with Gasteiger partial charge in [0.25, 0.3) is 0 Å². The minimum absolute atomic E-state index is 0.0689. The number of amides is 1. The maximum Gasteiger partial charge on any atom is 0.240 e. The fourth-order valence-electron chi connectivity index (χ4n) is 4.60. The van der Waals surface area contributed by atoms with Crippen molar-refractivity contribution in [2.75, 3.05) is 37.6 Å². The Bertz CT molecular complexity index is 905. The van der Waals surface area contributed by atoms with Crippen LogP contribution in [0, 0.1) is 0 Å². The first-order valence-electron chi connectivity index (χ1n) is 10.8. The number of hydrogen-bond acceptors (Lipinski definition) is 6. The fourth-order valence-corrected chi connectivity index (χ4v) is 4.60. The average molecular weight is 396 g/mol. The number of carbonyl (C=O) groups excluding carboxylic acids is 1. The molecule has 2 aromatic rings. The second-order valence-electron chi connectivity index (χ2n) is 8.64. The third kappa shape index (κ3) is 3.64. The van der Waals surface area contributed by atoms with Crippen molar-refractivity contribution in [1.82, 2.24) is 19.8 Å². The summed E-state index contributed by atoms with van der Waals surface area (Å²) in [7, 11) is 0. The number of fused-ring (bicyclic) bond motifs is 1. The smallest absolute Gasteiger partial charge is 0.240 e. The molecule has 0 radical (unpaired) electrons. The van der Waals surface area contributed by atoms with Crippen LogP contribution in [0.3, 0.4) is 0 Å². The Morgan fingerprint density at radius 1 is 1.03 bits per heavy atom. The van der Waals surface area contributed by atoms with Crippen molar-refractivity contribution in [2.24, 2.45) is 0 Å². The van der Waals surface area contributed by atoms with Gasteiger partial charge in [-0.3, -0.25) is 9.69 Å². The molecule has 3 fully saturated rings. The van der Waals surface area contributed by atoms with Crippen molar-refractivity contribution < 1.29 is 9.53 Å². The summed E-state index contributed by atoms with van der Waals surface area (Å²) in [5.74, 6) is 1.00. The highest BCUT2D eigenvalue weighted by molar-refractivity contribution is 5.87. The quantitative estimate of drug-likeness (QED) is 0.774. The van der Waals surface area contributed by atoms with Crippen molar-refractivity contribution in [1.29, 1.82) is 0 Å². The number of ether oxygens (including phenoxy) is 1. The molecule has 7 heteroatoms. The summed E-state index contributed by atoms with van der Waals surface area (Å²) in [5.41, 5.74) is 2.06.